The van der Waals surface area contributed by atoms with Gasteiger partial charge in [-0.25, -0.2) is 0 Å². The highest BCUT2D eigenvalue weighted by atomic mass is 15.0. The summed E-state index contributed by atoms with van der Waals surface area (Å²) in [5.41, 5.74) is 5.86. The highest BCUT2D eigenvalue weighted by molar-refractivity contribution is 4.83. The first-order valence-corrected chi connectivity index (χ1v) is 5.07. The van der Waals surface area contributed by atoms with E-state index in [-0.39, 0.29) is 0 Å². The molecule has 0 radical (unpaired) electrons. The zero-order valence-corrected chi connectivity index (χ0v) is 8.40. The van der Waals surface area contributed by atoms with Gasteiger partial charge in [-0.3, -0.25) is 0 Å². The Morgan fingerprint density at radius 3 is 2.42 bits per heavy atom. The summed E-state index contributed by atoms with van der Waals surface area (Å²) >= 11 is 0. The lowest BCUT2D eigenvalue weighted by atomic mass is 9.78. The van der Waals surface area contributed by atoms with Crippen LogP contribution < -0.4 is 11.1 Å². The lowest BCUT2D eigenvalue weighted by molar-refractivity contribution is 0.209. The zero-order valence-electron chi connectivity index (χ0n) is 8.40. The molecule has 2 heteroatoms. The molecule has 0 aromatic rings. The predicted octanol–water partition coefficient (Wildman–Crippen LogP) is 1.71. The molecule has 0 aromatic carbocycles. The van der Waals surface area contributed by atoms with Gasteiger partial charge in [0.05, 0.1) is 0 Å². The Labute approximate surface area is 75.9 Å². The van der Waals surface area contributed by atoms with Gasteiger partial charge in [0.2, 0.25) is 0 Å². The summed E-state index contributed by atoms with van der Waals surface area (Å²) in [4.78, 5) is 0. The Morgan fingerprint density at radius 2 is 1.92 bits per heavy atom. The van der Waals surface area contributed by atoms with Crippen LogP contribution in [0.2, 0.25) is 0 Å². The van der Waals surface area contributed by atoms with E-state index < -0.39 is 0 Å². The van der Waals surface area contributed by atoms with Crippen molar-refractivity contribution in [1.29, 1.82) is 0 Å². The van der Waals surface area contributed by atoms with Crippen LogP contribution in [-0.2, 0) is 0 Å². The molecule has 0 heterocycles. The summed E-state index contributed by atoms with van der Waals surface area (Å²) < 4.78 is 0. The molecular formula is C10H22N2. The van der Waals surface area contributed by atoms with Crippen molar-refractivity contribution >= 4 is 0 Å². The van der Waals surface area contributed by atoms with Crippen LogP contribution in [0.3, 0.4) is 0 Å². The van der Waals surface area contributed by atoms with Crippen molar-refractivity contribution in [2.75, 3.05) is 13.2 Å². The number of nitrogens with one attached hydrogen (secondary N) is 1. The van der Waals surface area contributed by atoms with Crippen LogP contribution >= 0.6 is 0 Å². The molecular weight excluding hydrogens is 148 g/mol. The van der Waals surface area contributed by atoms with E-state index >= 15 is 0 Å². The van der Waals surface area contributed by atoms with Crippen LogP contribution in [0.15, 0.2) is 0 Å². The highest BCUT2D eigenvalue weighted by Crippen LogP contribution is 2.38. The average Bonchev–Trinajstić information content (AvgIpc) is 2.53. The fourth-order valence-corrected chi connectivity index (χ4v) is 2.25. The molecule has 1 fully saturated rings. The van der Waals surface area contributed by atoms with Gasteiger partial charge in [-0.2, -0.15) is 0 Å². The van der Waals surface area contributed by atoms with Gasteiger partial charge in [-0.05, 0) is 24.2 Å². The van der Waals surface area contributed by atoms with E-state index in [1.807, 2.05) is 0 Å². The van der Waals surface area contributed by atoms with Crippen molar-refractivity contribution in [2.45, 2.75) is 39.5 Å². The number of rotatable bonds is 4. The van der Waals surface area contributed by atoms with E-state index in [9.17, 15) is 0 Å². The second-order valence-corrected chi connectivity index (χ2v) is 4.60. The van der Waals surface area contributed by atoms with Crippen LogP contribution in [0.1, 0.15) is 39.5 Å². The second kappa shape index (κ2) is 4.24. The van der Waals surface area contributed by atoms with Gasteiger partial charge >= 0.3 is 0 Å². The molecule has 0 unspecified atom stereocenters. The average molecular weight is 170 g/mol. The molecule has 1 rings (SSSR count). The van der Waals surface area contributed by atoms with Crippen molar-refractivity contribution < 1.29 is 0 Å². The van der Waals surface area contributed by atoms with Crippen LogP contribution in [0.25, 0.3) is 0 Å². The maximum atomic E-state index is 5.42. The number of hydrogen-bond acceptors (Lipinski definition) is 2. The molecule has 1 aliphatic carbocycles. The summed E-state index contributed by atoms with van der Waals surface area (Å²) in [6, 6.07) is 0. The Balaban J connectivity index is 2.34. The normalized spacial score (nSPS) is 20.2. The minimum absolute atomic E-state index is 0.440. The Kier molecular flexibility index (Phi) is 3.53. The molecule has 0 spiro atoms. The SMILES string of the molecule is CC(C)(CNCN)C1CCCC1. The zero-order chi connectivity index (χ0) is 9.03. The molecule has 12 heavy (non-hydrogen) atoms. The van der Waals surface area contributed by atoms with E-state index in [2.05, 4.69) is 19.2 Å². The van der Waals surface area contributed by atoms with Crippen LogP contribution in [-0.4, -0.2) is 13.2 Å². The van der Waals surface area contributed by atoms with Gasteiger partial charge in [-0.15, -0.1) is 0 Å². The van der Waals surface area contributed by atoms with Crippen molar-refractivity contribution in [3.05, 3.63) is 0 Å². The number of hydrogen-bond donors (Lipinski definition) is 2. The molecule has 72 valence electrons. The smallest absolute Gasteiger partial charge is 0.0428 e. The summed E-state index contributed by atoms with van der Waals surface area (Å²) in [6.07, 6.45) is 5.69. The first-order chi connectivity index (χ1) is 5.67. The van der Waals surface area contributed by atoms with Crippen molar-refractivity contribution in [1.82, 2.24) is 5.32 Å². The van der Waals surface area contributed by atoms with Gasteiger partial charge in [0.25, 0.3) is 0 Å². The summed E-state index contributed by atoms with van der Waals surface area (Å²) in [5.74, 6) is 0.913. The molecule has 0 amide bonds. The van der Waals surface area contributed by atoms with Gasteiger partial charge in [-0.1, -0.05) is 26.7 Å². The Morgan fingerprint density at radius 1 is 1.33 bits per heavy atom. The first-order valence-electron chi connectivity index (χ1n) is 5.07. The topological polar surface area (TPSA) is 38.0 Å². The van der Waals surface area contributed by atoms with Crippen LogP contribution in [0, 0.1) is 11.3 Å². The van der Waals surface area contributed by atoms with E-state index in [1.54, 1.807) is 0 Å². The van der Waals surface area contributed by atoms with Gasteiger partial charge in [0.1, 0.15) is 0 Å². The first kappa shape index (κ1) is 10.0. The second-order valence-electron chi connectivity index (χ2n) is 4.60. The van der Waals surface area contributed by atoms with Crippen LogP contribution in [0.4, 0.5) is 0 Å². The Bertz CT molecular complexity index is 126. The molecule has 2 nitrogen and oxygen atoms in total. The minimum Gasteiger partial charge on any atom is -0.318 e. The predicted molar refractivity (Wildman–Crippen MR) is 52.8 cm³/mol. The third kappa shape index (κ3) is 2.46. The molecule has 0 saturated heterocycles. The van der Waals surface area contributed by atoms with Gasteiger partial charge in [0.15, 0.2) is 0 Å². The molecule has 3 N–H and O–H groups in total. The largest absolute Gasteiger partial charge is 0.318 e. The van der Waals surface area contributed by atoms with E-state index in [4.69, 9.17) is 5.73 Å². The van der Waals surface area contributed by atoms with E-state index in [1.165, 1.54) is 25.7 Å². The fourth-order valence-electron chi connectivity index (χ4n) is 2.25. The van der Waals surface area contributed by atoms with Crippen molar-refractivity contribution in [3.63, 3.8) is 0 Å². The van der Waals surface area contributed by atoms with Gasteiger partial charge in [0, 0.05) is 13.2 Å². The number of nitrogens with two attached hydrogens (primary N) is 1. The van der Waals surface area contributed by atoms with Gasteiger partial charge < -0.3 is 11.1 Å². The fraction of sp³-hybridized carbons (Fsp3) is 1.00. The summed E-state index contributed by atoms with van der Waals surface area (Å²) in [5, 5.41) is 3.24. The quantitative estimate of drug-likeness (QED) is 0.630. The van der Waals surface area contributed by atoms with Crippen molar-refractivity contribution in [3.8, 4) is 0 Å². The maximum Gasteiger partial charge on any atom is 0.0428 e. The van der Waals surface area contributed by atoms with Crippen molar-refractivity contribution in [2.24, 2.45) is 17.1 Å². The lowest BCUT2D eigenvalue weighted by Gasteiger charge is -2.31. The molecule has 0 bridgehead atoms. The maximum absolute atomic E-state index is 5.42. The summed E-state index contributed by atoms with van der Waals surface area (Å²) in [7, 11) is 0. The van der Waals surface area contributed by atoms with Crippen LogP contribution in [0.5, 0.6) is 0 Å². The minimum atomic E-state index is 0.440. The van der Waals surface area contributed by atoms with E-state index in [0.29, 0.717) is 12.1 Å². The molecule has 1 saturated carbocycles. The third-order valence-electron chi connectivity index (χ3n) is 3.19. The summed E-state index contributed by atoms with van der Waals surface area (Å²) in [6.45, 7) is 6.38. The lowest BCUT2D eigenvalue weighted by Crippen LogP contribution is -2.37. The Hall–Kier alpha value is -0.0800. The van der Waals surface area contributed by atoms with E-state index in [0.717, 1.165) is 12.5 Å². The molecule has 0 atom stereocenters. The molecule has 1 aliphatic rings. The molecule has 0 aromatic heterocycles. The standard InChI is InChI=1S/C10H22N2/c1-10(2,7-12-8-11)9-5-3-4-6-9/h9,12H,3-8,11H2,1-2H3. The monoisotopic (exact) mass is 170 g/mol. The highest BCUT2D eigenvalue weighted by Gasteiger charge is 2.30. The third-order valence-corrected chi connectivity index (χ3v) is 3.19. The molecule has 0 aliphatic heterocycles.